The maximum absolute atomic E-state index is 11.6. The minimum absolute atomic E-state index is 0.0603. The third-order valence-corrected chi connectivity index (χ3v) is 6.38. The Balaban J connectivity index is 2.44. The lowest BCUT2D eigenvalue weighted by atomic mass is 9.92. The van der Waals surface area contributed by atoms with E-state index in [1.54, 1.807) is 0 Å². The molecule has 0 spiro atoms. The third-order valence-electron chi connectivity index (χ3n) is 3.39. The molecule has 0 aromatic carbocycles. The molecule has 8 heteroatoms. The van der Waals surface area contributed by atoms with Gasteiger partial charge < -0.3 is 4.90 Å². The van der Waals surface area contributed by atoms with Gasteiger partial charge in [-0.3, -0.25) is 10.1 Å². The van der Waals surface area contributed by atoms with Crippen LogP contribution in [0.4, 0.5) is 10.7 Å². The molecule has 1 aliphatic rings. The molecule has 0 bridgehead atoms. The summed E-state index contributed by atoms with van der Waals surface area (Å²) in [5, 5.41) is 11.6. The standard InChI is InChI=1S/C12H18N2O4S2/c1-8-4-9(2)7-13(6-8)12-10(14(15)16)5-11(19-12)20(3,17)18/h5,8-9H,4,6-7H2,1-3H3. The van der Waals surface area contributed by atoms with Crippen LogP contribution in [-0.2, 0) is 9.84 Å². The first-order valence-electron chi connectivity index (χ1n) is 6.41. The molecule has 1 fully saturated rings. The van der Waals surface area contributed by atoms with Gasteiger partial charge in [0.25, 0.3) is 0 Å². The monoisotopic (exact) mass is 318 g/mol. The number of hydrogen-bond acceptors (Lipinski definition) is 6. The second-order valence-electron chi connectivity index (χ2n) is 5.64. The van der Waals surface area contributed by atoms with Crippen LogP contribution >= 0.6 is 11.3 Å². The van der Waals surface area contributed by atoms with Crippen molar-refractivity contribution in [3.8, 4) is 0 Å². The molecule has 1 aliphatic heterocycles. The van der Waals surface area contributed by atoms with Crippen LogP contribution in [0.3, 0.4) is 0 Å². The summed E-state index contributed by atoms with van der Waals surface area (Å²) < 4.78 is 23.3. The van der Waals surface area contributed by atoms with Gasteiger partial charge >= 0.3 is 5.69 Å². The van der Waals surface area contributed by atoms with Crippen molar-refractivity contribution in [3.05, 3.63) is 16.2 Å². The zero-order chi connectivity index (χ0) is 15.1. The van der Waals surface area contributed by atoms with Gasteiger partial charge in [-0.05, 0) is 18.3 Å². The van der Waals surface area contributed by atoms with Crippen LogP contribution in [0.2, 0.25) is 0 Å². The maximum atomic E-state index is 11.6. The largest absolute Gasteiger partial charge is 0.357 e. The predicted molar refractivity (Wildman–Crippen MR) is 79.2 cm³/mol. The summed E-state index contributed by atoms with van der Waals surface area (Å²) in [6.07, 6.45) is 2.17. The number of nitro groups is 1. The maximum Gasteiger partial charge on any atom is 0.305 e. The highest BCUT2D eigenvalue weighted by molar-refractivity contribution is 7.92. The Morgan fingerprint density at radius 3 is 2.35 bits per heavy atom. The third kappa shape index (κ3) is 3.12. The summed E-state index contributed by atoms with van der Waals surface area (Å²) in [7, 11) is -3.42. The van der Waals surface area contributed by atoms with E-state index in [9.17, 15) is 18.5 Å². The molecule has 20 heavy (non-hydrogen) atoms. The molecule has 0 radical (unpaired) electrons. The van der Waals surface area contributed by atoms with E-state index >= 15 is 0 Å². The van der Waals surface area contributed by atoms with E-state index in [0.717, 1.165) is 37.1 Å². The predicted octanol–water partition coefficient (Wildman–Crippen LogP) is 2.54. The fraction of sp³-hybridized carbons (Fsp3) is 0.667. The van der Waals surface area contributed by atoms with Crippen molar-refractivity contribution in [2.75, 3.05) is 24.2 Å². The van der Waals surface area contributed by atoms with E-state index in [0.29, 0.717) is 16.8 Å². The number of sulfone groups is 1. The lowest BCUT2D eigenvalue weighted by molar-refractivity contribution is -0.383. The molecule has 1 aromatic rings. The first kappa shape index (κ1) is 15.2. The summed E-state index contributed by atoms with van der Waals surface area (Å²) in [6, 6.07) is 1.18. The van der Waals surface area contributed by atoms with E-state index < -0.39 is 14.8 Å². The highest BCUT2D eigenvalue weighted by Crippen LogP contribution is 2.41. The zero-order valence-corrected chi connectivity index (χ0v) is 13.3. The van der Waals surface area contributed by atoms with Gasteiger partial charge in [0.05, 0.1) is 4.92 Å². The number of anilines is 1. The molecule has 0 saturated carbocycles. The van der Waals surface area contributed by atoms with Crippen molar-refractivity contribution in [1.29, 1.82) is 0 Å². The molecule has 6 nitrogen and oxygen atoms in total. The Morgan fingerprint density at radius 2 is 1.90 bits per heavy atom. The van der Waals surface area contributed by atoms with Crippen molar-refractivity contribution in [3.63, 3.8) is 0 Å². The lowest BCUT2D eigenvalue weighted by Crippen LogP contribution is -2.38. The summed E-state index contributed by atoms with van der Waals surface area (Å²) in [6.45, 7) is 5.68. The first-order valence-corrected chi connectivity index (χ1v) is 9.12. The van der Waals surface area contributed by atoms with E-state index in [1.165, 1.54) is 6.07 Å². The molecular weight excluding hydrogens is 300 g/mol. The van der Waals surface area contributed by atoms with Gasteiger partial charge in [-0.1, -0.05) is 25.2 Å². The Morgan fingerprint density at radius 1 is 1.35 bits per heavy atom. The van der Waals surface area contributed by atoms with Gasteiger partial charge in [0.2, 0.25) is 0 Å². The quantitative estimate of drug-likeness (QED) is 0.632. The van der Waals surface area contributed by atoms with Gasteiger partial charge in [-0.2, -0.15) is 0 Å². The van der Waals surface area contributed by atoms with Crippen molar-refractivity contribution in [1.82, 2.24) is 0 Å². The van der Waals surface area contributed by atoms with Crippen molar-refractivity contribution in [2.45, 2.75) is 24.5 Å². The fourth-order valence-corrected chi connectivity index (χ4v) is 4.76. The minimum atomic E-state index is -3.42. The number of hydrogen-bond donors (Lipinski definition) is 0. The van der Waals surface area contributed by atoms with E-state index in [4.69, 9.17) is 0 Å². The number of piperidine rings is 1. The van der Waals surface area contributed by atoms with E-state index in [1.807, 2.05) is 4.90 Å². The van der Waals surface area contributed by atoms with Crippen molar-refractivity contribution < 1.29 is 13.3 Å². The van der Waals surface area contributed by atoms with Gasteiger partial charge in [0.1, 0.15) is 4.21 Å². The van der Waals surface area contributed by atoms with Crippen LogP contribution in [-0.4, -0.2) is 32.7 Å². The Labute approximate surface area is 122 Å². The molecule has 2 unspecified atom stereocenters. The number of thiophene rings is 1. The molecule has 1 aromatic heterocycles. The normalized spacial score (nSPS) is 23.9. The van der Waals surface area contributed by atoms with Crippen LogP contribution in [0.25, 0.3) is 0 Å². The molecule has 112 valence electrons. The van der Waals surface area contributed by atoms with Crippen LogP contribution in [0.1, 0.15) is 20.3 Å². The number of nitrogens with zero attached hydrogens (tertiary/aromatic N) is 2. The average molecular weight is 318 g/mol. The van der Waals surface area contributed by atoms with Gasteiger partial charge in [-0.15, -0.1) is 0 Å². The molecule has 2 heterocycles. The zero-order valence-electron chi connectivity index (χ0n) is 11.7. The minimum Gasteiger partial charge on any atom is -0.357 e. The molecular formula is C12H18N2O4S2. The van der Waals surface area contributed by atoms with Gasteiger partial charge in [0.15, 0.2) is 14.8 Å². The summed E-state index contributed by atoms with van der Waals surface area (Å²) in [5.41, 5.74) is -0.100. The highest BCUT2D eigenvalue weighted by atomic mass is 32.2. The number of rotatable bonds is 3. The van der Waals surface area contributed by atoms with Gasteiger partial charge in [0, 0.05) is 25.4 Å². The highest BCUT2D eigenvalue weighted by Gasteiger charge is 2.31. The lowest BCUT2D eigenvalue weighted by Gasteiger charge is -2.35. The fourth-order valence-electron chi connectivity index (χ4n) is 2.72. The summed E-state index contributed by atoms with van der Waals surface area (Å²) in [5.74, 6) is 0.893. The average Bonchev–Trinajstić information content (AvgIpc) is 2.71. The topological polar surface area (TPSA) is 80.5 Å². The van der Waals surface area contributed by atoms with Gasteiger partial charge in [-0.25, -0.2) is 8.42 Å². The molecule has 0 aliphatic carbocycles. The van der Waals surface area contributed by atoms with Crippen molar-refractivity contribution >= 4 is 31.9 Å². The second-order valence-corrected chi connectivity index (χ2v) is 8.91. The van der Waals surface area contributed by atoms with Crippen LogP contribution in [0.5, 0.6) is 0 Å². The Kier molecular flexibility index (Phi) is 4.06. The molecule has 0 N–H and O–H groups in total. The Hall–Kier alpha value is -1.15. The van der Waals surface area contributed by atoms with Crippen LogP contribution in [0.15, 0.2) is 10.3 Å². The van der Waals surface area contributed by atoms with Crippen LogP contribution < -0.4 is 4.90 Å². The SMILES string of the molecule is CC1CC(C)CN(c2sc(S(C)(=O)=O)cc2[N+](=O)[O-])C1. The summed E-state index contributed by atoms with van der Waals surface area (Å²) in [4.78, 5) is 12.6. The molecule has 1 saturated heterocycles. The molecule has 2 atom stereocenters. The summed E-state index contributed by atoms with van der Waals surface area (Å²) >= 11 is 1.00. The molecule has 0 amide bonds. The van der Waals surface area contributed by atoms with Crippen LogP contribution in [0, 0.1) is 22.0 Å². The first-order chi connectivity index (χ1) is 9.18. The smallest absolute Gasteiger partial charge is 0.305 e. The Bertz CT molecular complexity index is 613. The van der Waals surface area contributed by atoms with E-state index in [2.05, 4.69) is 13.8 Å². The molecule has 2 rings (SSSR count). The van der Waals surface area contributed by atoms with E-state index in [-0.39, 0.29) is 9.90 Å². The van der Waals surface area contributed by atoms with Crippen molar-refractivity contribution in [2.24, 2.45) is 11.8 Å². The second kappa shape index (κ2) is 5.33.